The highest BCUT2D eigenvalue weighted by Gasteiger charge is 2.30. The number of likely N-dealkylation sites (tertiary alicyclic amines) is 1. The molecule has 0 aromatic heterocycles. The zero-order valence-electron chi connectivity index (χ0n) is 20.2. The van der Waals surface area contributed by atoms with Gasteiger partial charge in [-0.1, -0.05) is 0 Å². The fourth-order valence-electron chi connectivity index (χ4n) is 4.63. The second-order valence-electron chi connectivity index (χ2n) is 9.40. The molecule has 3 rings (SSSR count). The molecular weight excluding hydrogens is 468 g/mol. The first-order valence-corrected chi connectivity index (χ1v) is 12.4. The van der Waals surface area contributed by atoms with Crippen LogP contribution in [0.15, 0.2) is 24.3 Å². The van der Waals surface area contributed by atoms with Crippen LogP contribution in [0.1, 0.15) is 59.2 Å². The van der Waals surface area contributed by atoms with E-state index in [1.165, 1.54) is 24.3 Å². The number of benzene rings is 1. The maximum Gasteiger partial charge on any atom is 0.335 e. The lowest BCUT2D eigenvalue weighted by molar-refractivity contribution is -0.139. The van der Waals surface area contributed by atoms with E-state index >= 15 is 0 Å². The van der Waals surface area contributed by atoms with E-state index < -0.39 is 29.8 Å². The van der Waals surface area contributed by atoms with Crippen LogP contribution in [-0.4, -0.2) is 83.5 Å². The van der Waals surface area contributed by atoms with Gasteiger partial charge in [-0.2, -0.15) is 0 Å². The second-order valence-corrected chi connectivity index (χ2v) is 9.40. The van der Waals surface area contributed by atoms with Crippen LogP contribution in [0.25, 0.3) is 0 Å². The molecule has 2 aliphatic rings. The summed E-state index contributed by atoms with van der Waals surface area (Å²) in [6, 6.07) is 3.70. The minimum absolute atomic E-state index is 0.000100. The van der Waals surface area contributed by atoms with Crippen LogP contribution in [0.5, 0.6) is 0 Å². The minimum atomic E-state index is -1.37. The van der Waals surface area contributed by atoms with Crippen LogP contribution in [0.2, 0.25) is 0 Å². The molecule has 2 atom stereocenters. The van der Waals surface area contributed by atoms with E-state index in [1.54, 1.807) is 4.90 Å². The zero-order chi connectivity index (χ0) is 26.1. The summed E-state index contributed by atoms with van der Waals surface area (Å²) in [4.78, 5) is 62.1. The molecule has 0 radical (unpaired) electrons. The fourth-order valence-corrected chi connectivity index (χ4v) is 4.63. The predicted octanol–water partition coefficient (Wildman–Crippen LogP) is 0.702. The Morgan fingerprint density at radius 3 is 2.31 bits per heavy atom. The first-order valence-electron chi connectivity index (χ1n) is 12.4. The van der Waals surface area contributed by atoms with Gasteiger partial charge in [0.15, 0.2) is 0 Å². The molecule has 1 unspecified atom stereocenters. The highest BCUT2D eigenvalue weighted by molar-refractivity contribution is 5.98. The van der Waals surface area contributed by atoms with Gasteiger partial charge in [-0.25, -0.2) is 9.59 Å². The molecule has 2 aliphatic heterocycles. The summed E-state index contributed by atoms with van der Waals surface area (Å²) < 4.78 is 0. The summed E-state index contributed by atoms with van der Waals surface area (Å²) in [7, 11) is 0. The number of carboxylic acid groups (broad SMARTS) is 2. The van der Waals surface area contributed by atoms with E-state index in [4.69, 9.17) is 5.11 Å². The van der Waals surface area contributed by atoms with Gasteiger partial charge in [0, 0.05) is 31.6 Å². The lowest BCUT2D eigenvalue weighted by Gasteiger charge is -2.33. The van der Waals surface area contributed by atoms with Crippen molar-refractivity contribution in [2.24, 2.45) is 11.8 Å². The van der Waals surface area contributed by atoms with E-state index in [1.807, 2.05) is 0 Å². The van der Waals surface area contributed by atoms with Crippen molar-refractivity contribution in [1.29, 1.82) is 0 Å². The Bertz CT molecular complexity index is 960. The lowest BCUT2D eigenvalue weighted by Crippen LogP contribution is -2.51. The number of carboxylic acids is 2. The van der Waals surface area contributed by atoms with Crippen molar-refractivity contribution in [3.63, 3.8) is 0 Å². The summed E-state index contributed by atoms with van der Waals surface area (Å²) >= 11 is 0. The minimum Gasteiger partial charge on any atom is -0.480 e. The van der Waals surface area contributed by atoms with Gasteiger partial charge in [0.05, 0.1) is 11.5 Å². The average molecular weight is 503 g/mol. The topological polar surface area (TPSA) is 165 Å². The molecule has 11 nitrogen and oxygen atoms in total. The van der Waals surface area contributed by atoms with Gasteiger partial charge in [-0.05, 0) is 75.4 Å². The van der Waals surface area contributed by atoms with Crippen molar-refractivity contribution in [2.45, 2.75) is 44.6 Å². The normalized spacial score (nSPS) is 19.2. The molecule has 0 bridgehead atoms. The quantitative estimate of drug-likeness (QED) is 0.312. The third-order valence-electron chi connectivity index (χ3n) is 6.85. The number of hydrogen-bond acceptors (Lipinski definition) is 6. The van der Waals surface area contributed by atoms with Gasteiger partial charge in [0.1, 0.15) is 6.04 Å². The van der Waals surface area contributed by atoms with Gasteiger partial charge >= 0.3 is 11.9 Å². The third kappa shape index (κ3) is 7.77. The highest BCUT2D eigenvalue weighted by Crippen LogP contribution is 2.21. The van der Waals surface area contributed by atoms with E-state index in [2.05, 4.69) is 16.0 Å². The number of aromatic carboxylic acids is 1. The van der Waals surface area contributed by atoms with Crippen LogP contribution >= 0.6 is 0 Å². The van der Waals surface area contributed by atoms with Gasteiger partial charge in [-0.3, -0.25) is 14.4 Å². The molecule has 11 heteroatoms. The molecule has 1 aromatic rings. The number of rotatable bonds is 10. The van der Waals surface area contributed by atoms with Crippen molar-refractivity contribution in [1.82, 2.24) is 20.9 Å². The van der Waals surface area contributed by atoms with Crippen molar-refractivity contribution in [3.8, 4) is 0 Å². The van der Waals surface area contributed by atoms with E-state index in [9.17, 15) is 29.1 Å². The third-order valence-corrected chi connectivity index (χ3v) is 6.85. The predicted molar refractivity (Wildman–Crippen MR) is 129 cm³/mol. The lowest BCUT2D eigenvalue weighted by atomic mass is 9.92. The first-order chi connectivity index (χ1) is 17.2. The average Bonchev–Trinajstić information content (AvgIpc) is 2.89. The van der Waals surface area contributed by atoms with Gasteiger partial charge in [0.25, 0.3) is 5.91 Å². The van der Waals surface area contributed by atoms with E-state index in [0.717, 1.165) is 32.4 Å². The Hall–Kier alpha value is -3.47. The van der Waals surface area contributed by atoms with Gasteiger partial charge < -0.3 is 31.1 Å². The number of piperidine rings is 2. The number of aliphatic carboxylic acids is 1. The Balaban J connectivity index is 1.47. The molecule has 36 heavy (non-hydrogen) atoms. The van der Waals surface area contributed by atoms with Crippen LogP contribution in [0, 0.1) is 11.8 Å². The molecule has 196 valence electrons. The SMILES string of the molecule is O=C(O)c1ccc(C(=O)NC(CNC(=O)[C@@H]2CCCN(C(=O)CCC3CCNCC3)C2)C(=O)O)cc1. The van der Waals surface area contributed by atoms with Crippen molar-refractivity contribution >= 4 is 29.7 Å². The second kappa shape index (κ2) is 13.0. The Kier molecular flexibility index (Phi) is 9.80. The number of carbonyl (C=O) groups excluding carboxylic acids is 3. The summed E-state index contributed by atoms with van der Waals surface area (Å²) in [6.07, 6.45) is 4.78. The van der Waals surface area contributed by atoms with Gasteiger partial charge in [0.2, 0.25) is 11.8 Å². The molecule has 0 saturated carbocycles. The zero-order valence-corrected chi connectivity index (χ0v) is 20.2. The van der Waals surface area contributed by atoms with Crippen molar-refractivity contribution in [3.05, 3.63) is 35.4 Å². The standard InChI is InChI=1S/C25H34N4O7/c30-21(8-3-16-9-11-26-12-10-16)29-13-1-2-19(15-29)22(31)27-14-20(25(35)36)28-23(32)17-4-6-18(7-5-17)24(33)34/h4-7,16,19-20,26H,1-3,8-15H2,(H,27,31)(H,28,32)(H,33,34)(H,35,36)/t19-,20?/m1/s1. The Morgan fingerprint density at radius 2 is 1.67 bits per heavy atom. The van der Waals surface area contributed by atoms with Crippen molar-refractivity contribution < 1.29 is 34.2 Å². The summed E-state index contributed by atoms with van der Waals surface area (Å²) in [6.45, 7) is 2.58. The number of amides is 3. The largest absolute Gasteiger partial charge is 0.480 e. The van der Waals surface area contributed by atoms with Gasteiger partial charge in [-0.15, -0.1) is 0 Å². The number of carbonyl (C=O) groups is 5. The smallest absolute Gasteiger partial charge is 0.335 e. The fraction of sp³-hybridized carbons (Fsp3) is 0.560. The van der Waals surface area contributed by atoms with E-state index in [0.29, 0.717) is 38.3 Å². The Labute approximate surface area is 209 Å². The molecular formula is C25H34N4O7. The molecule has 2 saturated heterocycles. The first kappa shape index (κ1) is 27.1. The van der Waals surface area contributed by atoms with Crippen LogP contribution in [0.4, 0.5) is 0 Å². The van der Waals surface area contributed by atoms with E-state index in [-0.39, 0.29) is 29.5 Å². The highest BCUT2D eigenvalue weighted by atomic mass is 16.4. The molecule has 2 fully saturated rings. The Morgan fingerprint density at radius 1 is 1.00 bits per heavy atom. The molecule has 3 amide bonds. The number of hydrogen-bond donors (Lipinski definition) is 5. The monoisotopic (exact) mass is 502 g/mol. The summed E-state index contributed by atoms with van der Waals surface area (Å²) in [5, 5.41) is 26.7. The molecule has 0 aliphatic carbocycles. The maximum atomic E-state index is 12.7. The van der Waals surface area contributed by atoms with Crippen molar-refractivity contribution in [2.75, 3.05) is 32.7 Å². The van der Waals surface area contributed by atoms with Crippen LogP contribution in [-0.2, 0) is 14.4 Å². The molecule has 0 spiro atoms. The number of nitrogens with one attached hydrogen (secondary N) is 3. The molecule has 2 heterocycles. The number of nitrogens with zero attached hydrogens (tertiary/aromatic N) is 1. The summed E-state index contributed by atoms with van der Waals surface area (Å²) in [5.74, 6) is -3.33. The summed E-state index contributed by atoms with van der Waals surface area (Å²) in [5.41, 5.74) is 0.100. The maximum absolute atomic E-state index is 12.7. The van der Waals surface area contributed by atoms with Crippen LogP contribution < -0.4 is 16.0 Å². The molecule has 1 aromatic carbocycles. The molecule has 5 N–H and O–H groups in total. The van der Waals surface area contributed by atoms with Crippen LogP contribution in [0.3, 0.4) is 0 Å².